The van der Waals surface area contributed by atoms with E-state index < -0.39 is 35.9 Å². The van der Waals surface area contributed by atoms with Crippen LogP contribution < -0.4 is 5.32 Å². The molecule has 1 N–H and O–H groups in total. The molecule has 0 saturated carbocycles. The van der Waals surface area contributed by atoms with Gasteiger partial charge in [0.2, 0.25) is 11.8 Å². The Morgan fingerprint density at radius 2 is 1.73 bits per heavy atom. The van der Waals surface area contributed by atoms with Crippen molar-refractivity contribution in [3.05, 3.63) is 58.9 Å². The van der Waals surface area contributed by atoms with Crippen LogP contribution in [-0.2, 0) is 40.0 Å². The van der Waals surface area contributed by atoms with Crippen LogP contribution >= 0.6 is 0 Å². The van der Waals surface area contributed by atoms with E-state index in [1.54, 1.807) is 20.8 Å². The van der Waals surface area contributed by atoms with Gasteiger partial charge in [0.1, 0.15) is 5.60 Å². The van der Waals surface area contributed by atoms with E-state index in [-0.39, 0.29) is 36.7 Å². The first-order valence-corrected chi connectivity index (χ1v) is 14.7. The molecule has 1 aliphatic rings. The monoisotopic (exact) mass is 619 g/mol. The van der Waals surface area contributed by atoms with E-state index in [4.69, 9.17) is 4.74 Å². The largest absolute Gasteiger partial charge is 0.444 e. The van der Waals surface area contributed by atoms with Crippen molar-refractivity contribution in [1.29, 1.82) is 0 Å². The van der Waals surface area contributed by atoms with Crippen LogP contribution in [0.3, 0.4) is 0 Å². The van der Waals surface area contributed by atoms with E-state index in [1.165, 1.54) is 29.1 Å². The molecule has 3 rings (SSSR count). The number of alkyl halides is 3. The van der Waals surface area contributed by atoms with E-state index in [0.717, 1.165) is 22.9 Å². The summed E-state index contributed by atoms with van der Waals surface area (Å²) in [5.41, 5.74) is 0.657. The van der Waals surface area contributed by atoms with E-state index >= 15 is 0 Å². The number of hydrogen-bond donors (Lipinski definition) is 1. The number of pyridine rings is 1. The summed E-state index contributed by atoms with van der Waals surface area (Å²) in [7, 11) is 1.50. The number of nitrogens with zero attached hydrogens (tertiary/aromatic N) is 4. The normalized spacial score (nSPS) is 13.6. The maximum atomic E-state index is 13.7. The standard InChI is InChI=1S/C32H44F3N5O4/c1-30(2,3)18-27(41)39-15-13-23-22(20-39)10-8-12-25(23)37-19-28(42)40(17-16-38(7)29(43)44-31(4,5)6)21-26-24(32(33,34)35)11-9-14-36-26/h8-12,14,37H,13,15-21H2,1-7H3. The van der Waals surface area contributed by atoms with Crippen molar-refractivity contribution in [2.24, 2.45) is 5.41 Å². The molecule has 3 amide bonds. The van der Waals surface area contributed by atoms with Gasteiger partial charge >= 0.3 is 12.3 Å². The number of nitrogens with one attached hydrogen (secondary N) is 1. The molecule has 1 aliphatic heterocycles. The lowest BCUT2D eigenvalue weighted by atomic mass is 9.90. The highest BCUT2D eigenvalue weighted by Crippen LogP contribution is 2.32. The minimum absolute atomic E-state index is 0.0357. The molecule has 1 aromatic heterocycles. The van der Waals surface area contributed by atoms with Gasteiger partial charge in [-0.05, 0) is 61.9 Å². The number of aromatic nitrogens is 1. The number of carbonyl (C=O) groups excluding carboxylic acids is 3. The SMILES string of the molecule is CN(CCN(Cc1ncccc1C(F)(F)F)C(=O)CNc1cccc2c1CCN(C(=O)CC(C)(C)C)C2)C(=O)OC(C)(C)C. The molecule has 0 unspecified atom stereocenters. The Kier molecular flexibility index (Phi) is 10.9. The Morgan fingerprint density at radius 1 is 1.02 bits per heavy atom. The van der Waals surface area contributed by atoms with Crippen LogP contribution in [0.25, 0.3) is 0 Å². The number of rotatable bonds is 9. The van der Waals surface area contributed by atoms with Gasteiger partial charge in [-0.2, -0.15) is 13.2 Å². The molecule has 242 valence electrons. The van der Waals surface area contributed by atoms with Crippen molar-refractivity contribution < 1.29 is 32.3 Å². The molecular formula is C32H44F3N5O4. The third-order valence-electron chi connectivity index (χ3n) is 7.03. The third-order valence-corrected chi connectivity index (χ3v) is 7.03. The van der Waals surface area contributed by atoms with Gasteiger partial charge in [0.15, 0.2) is 0 Å². The zero-order valence-electron chi connectivity index (χ0n) is 26.7. The maximum absolute atomic E-state index is 13.7. The summed E-state index contributed by atoms with van der Waals surface area (Å²) in [6.07, 6.45) is -2.95. The van der Waals surface area contributed by atoms with Crippen LogP contribution in [0, 0.1) is 5.41 Å². The summed E-state index contributed by atoms with van der Waals surface area (Å²) < 4.78 is 46.5. The molecule has 0 bridgehead atoms. The van der Waals surface area contributed by atoms with Crippen molar-refractivity contribution in [3.63, 3.8) is 0 Å². The Balaban J connectivity index is 1.76. The predicted molar refractivity (Wildman–Crippen MR) is 162 cm³/mol. The lowest BCUT2D eigenvalue weighted by molar-refractivity contribution is -0.140. The Labute approximate surface area is 257 Å². The number of anilines is 1. The number of amides is 3. The van der Waals surface area contributed by atoms with Crippen LogP contribution in [0.1, 0.15) is 70.3 Å². The molecule has 9 nitrogen and oxygen atoms in total. The van der Waals surface area contributed by atoms with Crippen molar-refractivity contribution in [1.82, 2.24) is 19.7 Å². The van der Waals surface area contributed by atoms with Crippen molar-refractivity contribution in [3.8, 4) is 0 Å². The zero-order valence-corrected chi connectivity index (χ0v) is 26.7. The van der Waals surface area contributed by atoms with Crippen LogP contribution in [0.4, 0.5) is 23.7 Å². The van der Waals surface area contributed by atoms with Gasteiger partial charge in [-0.25, -0.2) is 4.79 Å². The number of carbonyl (C=O) groups is 3. The van der Waals surface area contributed by atoms with Gasteiger partial charge in [0, 0.05) is 51.5 Å². The lowest BCUT2D eigenvalue weighted by Crippen LogP contribution is -2.43. The Morgan fingerprint density at radius 3 is 2.36 bits per heavy atom. The smallest absolute Gasteiger partial charge is 0.418 e. The number of likely N-dealkylation sites (N-methyl/N-ethyl adjacent to an activating group) is 1. The van der Waals surface area contributed by atoms with E-state index in [9.17, 15) is 27.6 Å². The fourth-order valence-electron chi connectivity index (χ4n) is 4.83. The maximum Gasteiger partial charge on any atom is 0.418 e. The summed E-state index contributed by atoms with van der Waals surface area (Å²) in [5.74, 6) is -0.367. The second-order valence-electron chi connectivity index (χ2n) is 13.3. The molecule has 0 aliphatic carbocycles. The fraction of sp³-hybridized carbons (Fsp3) is 0.562. The minimum atomic E-state index is -4.64. The summed E-state index contributed by atoms with van der Waals surface area (Å²) in [5, 5.41) is 3.16. The van der Waals surface area contributed by atoms with Crippen molar-refractivity contribution >= 4 is 23.6 Å². The van der Waals surface area contributed by atoms with E-state index in [0.29, 0.717) is 25.9 Å². The Hall–Kier alpha value is -3.83. The Bertz CT molecular complexity index is 1330. The quantitative estimate of drug-likeness (QED) is 0.386. The third kappa shape index (κ3) is 10.1. The lowest BCUT2D eigenvalue weighted by Gasteiger charge is -2.32. The second kappa shape index (κ2) is 13.9. The average molecular weight is 620 g/mol. The number of ether oxygens (including phenoxy) is 1. The van der Waals surface area contributed by atoms with Crippen molar-refractivity contribution in [2.75, 3.05) is 38.5 Å². The number of benzene rings is 1. The summed E-state index contributed by atoms with van der Waals surface area (Å²) in [6, 6.07) is 7.78. The molecule has 12 heteroatoms. The van der Waals surface area contributed by atoms with Gasteiger partial charge in [-0.3, -0.25) is 14.6 Å². The van der Waals surface area contributed by atoms with E-state index in [1.807, 2.05) is 43.9 Å². The molecule has 2 aromatic rings. The number of halogens is 3. The first-order chi connectivity index (χ1) is 20.3. The van der Waals surface area contributed by atoms with Gasteiger partial charge in [0.05, 0.1) is 24.3 Å². The van der Waals surface area contributed by atoms with Crippen LogP contribution in [0.15, 0.2) is 36.5 Å². The van der Waals surface area contributed by atoms with Crippen LogP contribution in [-0.4, -0.2) is 76.4 Å². The van der Waals surface area contributed by atoms with Gasteiger partial charge in [-0.1, -0.05) is 32.9 Å². The topological polar surface area (TPSA) is 95.1 Å². The molecule has 0 radical (unpaired) electrons. The predicted octanol–water partition coefficient (Wildman–Crippen LogP) is 5.73. The average Bonchev–Trinajstić information content (AvgIpc) is 2.91. The molecule has 44 heavy (non-hydrogen) atoms. The van der Waals surface area contributed by atoms with Gasteiger partial charge in [0.25, 0.3) is 0 Å². The minimum Gasteiger partial charge on any atom is -0.444 e. The molecule has 0 atom stereocenters. The van der Waals surface area contributed by atoms with Gasteiger partial charge < -0.3 is 24.8 Å². The highest BCUT2D eigenvalue weighted by molar-refractivity contribution is 5.82. The van der Waals surface area contributed by atoms with Gasteiger partial charge in [-0.15, -0.1) is 0 Å². The van der Waals surface area contributed by atoms with E-state index in [2.05, 4.69) is 10.3 Å². The summed E-state index contributed by atoms with van der Waals surface area (Å²) in [6.45, 7) is 11.7. The highest BCUT2D eigenvalue weighted by Gasteiger charge is 2.35. The molecule has 0 saturated heterocycles. The molecule has 0 fully saturated rings. The second-order valence-corrected chi connectivity index (χ2v) is 13.3. The molecular weight excluding hydrogens is 575 g/mol. The molecule has 2 heterocycles. The fourth-order valence-corrected chi connectivity index (χ4v) is 4.83. The zero-order chi connectivity index (χ0) is 32.9. The first kappa shape index (κ1) is 34.7. The highest BCUT2D eigenvalue weighted by atomic mass is 19.4. The molecule has 0 spiro atoms. The molecule has 1 aromatic carbocycles. The van der Waals surface area contributed by atoms with Crippen LogP contribution in [0.5, 0.6) is 0 Å². The van der Waals surface area contributed by atoms with Crippen LogP contribution in [0.2, 0.25) is 0 Å². The summed E-state index contributed by atoms with van der Waals surface area (Å²) >= 11 is 0. The number of hydrogen-bond acceptors (Lipinski definition) is 6. The number of fused-ring (bicyclic) bond motifs is 1. The first-order valence-electron chi connectivity index (χ1n) is 14.7. The summed E-state index contributed by atoms with van der Waals surface area (Å²) in [4.78, 5) is 47.1. The van der Waals surface area contributed by atoms with Crippen molar-refractivity contribution in [2.45, 2.75) is 79.3 Å².